The minimum atomic E-state index is -0.0764. The van der Waals surface area contributed by atoms with Crippen molar-refractivity contribution >= 4 is 11.6 Å². The molecule has 1 saturated heterocycles. The molecular formula is C22H28N2O2. The number of carbonyl (C=O) groups is 1. The molecule has 1 aliphatic heterocycles. The van der Waals surface area contributed by atoms with Crippen molar-refractivity contribution in [1.29, 1.82) is 0 Å². The van der Waals surface area contributed by atoms with Crippen LogP contribution in [0.15, 0.2) is 54.6 Å². The molecule has 0 aliphatic carbocycles. The van der Waals surface area contributed by atoms with Crippen molar-refractivity contribution in [2.24, 2.45) is 0 Å². The molecular weight excluding hydrogens is 324 g/mol. The summed E-state index contributed by atoms with van der Waals surface area (Å²) in [6, 6.07) is 18.2. The monoisotopic (exact) mass is 352 g/mol. The van der Waals surface area contributed by atoms with E-state index in [0.29, 0.717) is 0 Å². The fourth-order valence-corrected chi connectivity index (χ4v) is 3.53. The number of likely N-dealkylation sites (tertiary alicyclic amines) is 1. The summed E-state index contributed by atoms with van der Waals surface area (Å²) >= 11 is 0. The predicted molar refractivity (Wildman–Crippen MR) is 105 cm³/mol. The summed E-state index contributed by atoms with van der Waals surface area (Å²) in [4.78, 5) is 15.2. The maximum atomic E-state index is 12.9. The third kappa shape index (κ3) is 4.71. The topological polar surface area (TPSA) is 41.6 Å². The van der Waals surface area contributed by atoms with Crippen molar-refractivity contribution in [3.63, 3.8) is 0 Å². The number of methoxy groups -OCH3 is 1. The van der Waals surface area contributed by atoms with Gasteiger partial charge in [0.1, 0.15) is 0 Å². The van der Waals surface area contributed by atoms with Crippen molar-refractivity contribution in [2.45, 2.75) is 44.9 Å². The number of nitrogens with one attached hydrogen (secondary N) is 1. The third-order valence-electron chi connectivity index (χ3n) is 5.12. The molecule has 3 rings (SSSR count). The summed E-state index contributed by atoms with van der Waals surface area (Å²) in [5.41, 5.74) is 3.15. The molecule has 1 heterocycles. The van der Waals surface area contributed by atoms with Gasteiger partial charge < -0.3 is 10.1 Å². The van der Waals surface area contributed by atoms with E-state index in [2.05, 4.69) is 34.5 Å². The summed E-state index contributed by atoms with van der Waals surface area (Å²) in [7, 11) is 1.69. The molecule has 1 N–H and O–H groups in total. The fourth-order valence-electron chi connectivity index (χ4n) is 3.53. The Balaban J connectivity index is 1.69. The van der Waals surface area contributed by atoms with Gasteiger partial charge >= 0.3 is 0 Å². The maximum absolute atomic E-state index is 12.9. The SMILES string of the molecule is CO[C@@H](C)c1cccc(NC(=O)[C@H]2CCCCN2Cc2ccccc2)c1. The molecule has 4 nitrogen and oxygen atoms in total. The first-order valence-corrected chi connectivity index (χ1v) is 9.39. The molecule has 2 aromatic rings. The lowest BCUT2D eigenvalue weighted by molar-refractivity contribution is -0.122. The first kappa shape index (κ1) is 18.6. The molecule has 138 valence electrons. The number of rotatable bonds is 6. The third-order valence-corrected chi connectivity index (χ3v) is 5.12. The minimum absolute atomic E-state index is 0.0103. The Morgan fingerprint density at radius 3 is 2.77 bits per heavy atom. The molecule has 1 aliphatic rings. The average molecular weight is 352 g/mol. The van der Waals surface area contributed by atoms with E-state index in [9.17, 15) is 4.79 Å². The summed E-state index contributed by atoms with van der Waals surface area (Å²) < 4.78 is 5.38. The summed E-state index contributed by atoms with van der Waals surface area (Å²) in [6.45, 7) is 3.79. The van der Waals surface area contributed by atoms with E-state index in [0.717, 1.165) is 43.6 Å². The van der Waals surface area contributed by atoms with Crippen molar-refractivity contribution in [1.82, 2.24) is 4.90 Å². The number of piperidine rings is 1. The van der Waals surface area contributed by atoms with Gasteiger partial charge in [-0.2, -0.15) is 0 Å². The van der Waals surface area contributed by atoms with E-state index in [1.165, 1.54) is 5.56 Å². The quantitative estimate of drug-likeness (QED) is 0.838. The van der Waals surface area contributed by atoms with Crippen LogP contribution in [0, 0.1) is 0 Å². The summed E-state index contributed by atoms with van der Waals surface area (Å²) in [6.07, 6.45) is 3.17. The number of ether oxygens (including phenoxy) is 1. The summed E-state index contributed by atoms with van der Waals surface area (Å²) in [5.74, 6) is 0.0860. The van der Waals surface area contributed by atoms with Crippen LogP contribution in [0.2, 0.25) is 0 Å². The lowest BCUT2D eigenvalue weighted by Gasteiger charge is -2.34. The van der Waals surface area contributed by atoms with Crippen LogP contribution < -0.4 is 5.32 Å². The van der Waals surface area contributed by atoms with Gasteiger partial charge in [-0.05, 0) is 49.6 Å². The van der Waals surface area contributed by atoms with Crippen LogP contribution in [0.5, 0.6) is 0 Å². The summed E-state index contributed by atoms with van der Waals surface area (Å²) in [5, 5.41) is 3.11. The second kappa shape index (κ2) is 8.97. The molecule has 2 atom stereocenters. The Kier molecular flexibility index (Phi) is 6.42. The van der Waals surface area contributed by atoms with Crippen LogP contribution in [0.1, 0.15) is 43.4 Å². The second-order valence-electron chi connectivity index (χ2n) is 6.96. The molecule has 0 saturated carbocycles. The van der Waals surface area contributed by atoms with Gasteiger partial charge in [0.05, 0.1) is 12.1 Å². The number of benzene rings is 2. The van der Waals surface area contributed by atoms with Gasteiger partial charge in [0.25, 0.3) is 0 Å². The predicted octanol–water partition coefficient (Wildman–Crippen LogP) is 4.39. The molecule has 2 aromatic carbocycles. The smallest absolute Gasteiger partial charge is 0.241 e. The number of hydrogen-bond donors (Lipinski definition) is 1. The standard InChI is InChI=1S/C22H28N2O2/c1-17(26-2)19-11-8-12-20(15-19)23-22(25)21-13-6-7-14-24(21)16-18-9-4-3-5-10-18/h3-5,8-12,15,17,21H,6-7,13-14,16H2,1-2H3,(H,23,25)/t17-,21+/m0/s1. The molecule has 0 aromatic heterocycles. The Morgan fingerprint density at radius 1 is 1.19 bits per heavy atom. The van der Waals surface area contributed by atoms with Gasteiger partial charge in [0, 0.05) is 19.3 Å². The Bertz CT molecular complexity index is 717. The van der Waals surface area contributed by atoms with Gasteiger partial charge in [-0.1, -0.05) is 48.9 Å². The number of nitrogens with zero attached hydrogens (tertiary/aromatic N) is 1. The zero-order chi connectivity index (χ0) is 18.4. The van der Waals surface area contributed by atoms with E-state index in [1.807, 2.05) is 37.3 Å². The van der Waals surface area contributed by atoms with Gasteiger partial charge in [0.15, 0.2) is 0 Å². The molecule has 4 heteroatoms. The second-order valence-corrected chi connectivity index (χ2v) is 6.96. The highest BCUT2D eigenvalue weighted by atomic mass is 16.5. The lowest BCUT2D eigenvalue weighted by atomic mass is 10.00. The fraction of sp³-hybridized carbons (Fsp3) is 0.409. The first-order valence-electron chi connectivity index (χ1n) is 9.39. The van der Waals surface area contributed by atoms with Gasteiger partial charge in [0.2, 0.25) is 5.91 Å². The molecule has 26 heavy (non-hydrogen) atoms. The maximum Gasteiger partial charge on any atom is 0.241 e. The normalized spacial score (nSPS) is 19.1. The molecule has 0 bridgehead atoms. The van der Waals surface area contributed by atoms with Crippen LogP contribution >= 0.6 is 0 Å². The minimum Gasteiger partial charge on any atom is -0.377 e. The Morgan fingerprint density at radius 2 is 2.00 bits per heavy atom. The van der Waals surface area contributed by atoms with Gasteiger partial charge in [-0.15, -0.1) is 0 Å². The first-order chi connectivity index (χ1) is 12.7. The van der Waals surface area contributed by atoms with Crippen molar-refractivity contribution in [2.75, 3.05) is 19.0 Å². The average Bonchev–Trinajstić information content (AvgIpc) is 2.68. The number of amides is 1. The van der Waals surface area contributed by atoms with Gasteiger partial charge in [-0.3, -0.25) is 9.69 Å². The van der Waals surface area contributed by atoms with Crippen molar-refractivity contribution in [3.05, 3.63) is 65.7 Å². The largest absolute Gasteiger partial charge is 0.377 e. The number of anilines is 1. The van der Waals surface area contributed by atoms with Crippen LogP contribution in [-0.2, 0) is 16.1 Å². The lowest BCUT2D eigenvalue weighted by Crippen LogP contribution is -2.46. The van der Waals surface area contributed by atoms with Crippen molar-refractivity contribution in [3.8, 4) is 0 Å². The number of hydrogen-bond acceptors (Lipinski definition) is 3. The van der Waals surface area contributed by atoms with Gasteiger partial charge in [-0.25, -0.2) is 0 Å². The molecule has 0 spiro atoms. The van der Waals surface area contributed by atoms with E-state index < -0.39 is 0 Å². The van der Waals surface area contributed by atoms with Crippen LogP contribution in [0.25, 0.3) is 0 Å². The molecule has 0 unspecified atom stereocenters. The highest BCUT2D eigenvalue weighted by Gasteiger charge is 2.28. The molecule has 0 radical (unpaired) electrons. The molecule has 1 fully saturated rings. The highest BCUT2D eigenvalue weighted by molar-refractivity contribution is 5.95. The van der Waals surface area contributed by atoms with Crippen LogP contribution in [-0.4, -0.2) is 30.5 Å². The van der Waals surface area contributed by atoms with Crippen molar-refractivity contribution < 1.29 is 9.53 Å². The number of carbonyl (C=O) groups excluding carboxylic acids is 1. The zero-order valence-corrected chi connectivity index (χ0v) is 15.7. The Labute approximate surface area is 156 Å². The zero-order valence-electron chi connectivity index (χ0n) is 15.7. The van der Waals surface area contributed by atoms with Crippen LogP contribution in [0.3, 0.4) is 0 Å². The van der Waals surface area contributed by atoms with Crippen LogP contribution in [0.4, 0.5) is 5.69 Å². The van der Waals surface area contributed by atoms with E-state index in [1.54, 1.807) is 7.11 Å². The van der Waals surface area contributed by atoms with E-state index in [-0.39, 0.29) is 18.1 Å². The Hall–Kier alpha value is -2.17. The highest BCUT2D eigenvalue weighted by Crippen LogP contribution is 2.23. The van der Waals surface area contributed by atoms with E-state index in [4.69, 9.17) is 4.74 Å². The van der Waals surface area contributed by atoms with E-state index >= 15 is 0 Å². The molecule has 1 amide bonds.